The molecule has 1 unspecified atom stereocenters. The van der Waals surface area contributed by atoms with E-state index in [1.165, 1.54) is 5.56 Å². The lowest BCUT2D eigenvalue weighted by atomic mass is 9.92. The average molecular weight is 287 g/mol. The molecule has 1 aliphatic carbocycles. The first kappa shape index (κ1) is 14.1. The number of aliphatic carboxylic acids is 1. The lowest BCUT2D eigenvalue weighted by molar-refractivity contribution is -0.142. The first-order chi connectivity index (χ1) is 10.2. The number of amides is 1. The molecule has 3 rings (SSSR count). The maximum absolute atomic E-state index is 12.3. The van der Waals surface area contributed by atoms with Gasteiger partial charge in [0.25, 0.3) is 0 Å². The summed E-state index contributed by atoms with van der Waals surface area (Å²) < 4.78 is 0. The van der Waals surface area contributed by atoms with E-state index in [-0.39, 0.29) is 11.8 Å². The number of hydrogen-bond donors (Lipinski definition) is 1. The zero-order valence-electron chi connectivity index (χ0n) is 12.1. The summed E-state index contributed by atoms with van der Waals surface area (Å²) in [6.07, 6.45) is 3.59. The van der Waals surface area contributed by atoms with Crippen molar-refractivity contribution in [3.63, 3.8) is 0 Å². The van der Waals surface area contributed by atoms with E-state index in [0.29, 0.717) is 12.3 Å². The Hall–Kier alpha value is -1.84. The fraction of sp³-hybridized carbons (Fsp3) is 0.529. The summed E-state index contributed by atoms with van der Waals surface area (Å²) in [5.41, 5.74) is 1.35. The first-order valence-corrected chi connectivity index (χ1v) is 7.73. The molecule has 0 spiro atoms. The number of carbonyl (C=O) groups is 2. The Bertz CT molecular complexity index is 528. The normalized spacial score (nSPS) is 28.8. The summed E-state index contributed by atoms with van der Waals surface area (Å²) in [7, 11) is 0. The molecule has 1 aromatic rings. The Morgan fingerprint density at radius 3 is 2.48 bits per heavy atom. The summed E-state index contributed by atoms with van der Waals surface area (Å²) in [5, 5.41) is 8.95. The van der Waals surface area contributed by atoms with Crippen molar-refractivity contribution in [2.75, 3.05) is 13.1 Å². The molecule has 21 heavy (non-hydrogen) atoms. The summed E-state index contributed by atoms with van der Waals surface area (Å²) in [6, 6.07) is 10.5. The van der Waals surface area contributed by atoms with Crippen LogP contribution in [0.25, 0.3) is 0 Å². The van der Waals surface area contributed by atoms with Crippen LogP contribution in [0.2, 0.25) is 0 Å². The van der Waals surface area contributed by atoms with Crippen LogP contribution in [-0.2, 0) is 9.59 Å². The van der Waals surface area contributed by atoms with Gasteiger partial charge in [-0.3, -0.25) is 9.59 Å². The number of carboxylic acids is 1. The molecule has 0 aromatic heterocycles. The second kappa shape index (κ2) is 5.88. The van der Waals surface area contributed by atoms with Gasteiger partial charge in [-0.1, -0.05) is 30.3 Å². The number of rotatable bonds is 3. The van der Waals surface area contributed by atoms with Crippen LogP contribution in [0.15, 0.2) is 30.3 Å². The van der Waals surface area contributed by atoms with Gasteiger partial charge >= 0.3 is 5.97 Å². The Morgan fingerprint density at radius 2 is 1.81 bits per heavy atom. The van der Waals surface area contributed by atoms with E-state index in [2.05, 4.69) is 24.3 Å². The molecule has 4 heteroatoms. The number of nitrogens with zero attached hydrogens (tertiary/aromatic N) is 1. The molecule has 1 amide bonds. The lowest BCUT2D eigenvalue weighted by Crippen LogP contribution is -2.34. The predicted molar refractivity (Wildman–Crippen MR) is 78.8 cm³/mol. The van der Waals surface area contributed by atoms with Crippen LogP contribution in [0, 0.1) is 11.8 Å². The number of benzene rings is 1. The van der Waals surface area contributed by atoms with Gasteiger partial charge in [-0.25, -0.2) is 0 Å². The zero-order valence-corrected chi connectivity index (χ0v) is 12.1. The van der Waals surface area contributed by atoms with Crippen LogP contribution < -0.4 is 0 Å². The van der Waals surface area contributed by atoms with E-state index in [4.69, 9.17) is 5.11 Å². The molecule has 0 bridgehead atoms. The monoisotopic (exact) mass is 287 g/mol. The Balaban J connectivity index is 1.59. The molecule has 2 aliphatic rings. The van der Waals surface area contributed by atoms with Gasteiger partial charge in [0.1, 0.15) is 0 Å². The molecule has 1 saturated heterocycles. The second-order valence-electron chi connectivity index (χ2n) is 6.15. The Morgan fingerprint density at radius 1 is 1.05 bits per heavy atom. The molecule has 0 radical (unpaired) electrons. The lowest BCUT2D eigenvalue weighted by Gasteiger charge is -2.20. The van der Waals surface area contributed by atoms with Crippen LogP contribution in [0.4, 0.5) is 0 Å². The van der Waals surface area contributed by atoms with Gasteiger partial charge in [-0.2, -0.15) is 0 Å². The summed E-state index contributed by atoms with van der Waals surface area (Å²) in [5.74, 6) is -0.971. The molecule has 1 heterocycles. The number of carbonyl (C=O) groups excluding carboxylic acids is 1. The van der Waals surface area contributed by atoms with E-state index >= 15 is 0 Å². The van der Waals surface area contributed by atoms with Gasteiger partial charge in [0.15, 0.2) is 0 Å². The minimum Gasteiger partial charge on any atom is -0.481 e. The molecule has 1 aliphatic heterocycles. The van der Waals surface area contributed by atoms with Crippen molar-refractivity contribution < 1.29 is 14.7 Å². The molecular weight excluding hydrogens is 266 g/mol. The third kappa shape index (κ3) is 3.09. The van der Waals surface area contributed by atoms with Crippen LogP contribution in [0.1, 0.15) is 37.2 Å². The van der Waals surface area contributed by atoms with Crippen molar-refractivity contribution in [1.82, 2.24) is 4.90 Å². The molecular formula is C17H21NO3. The van der Waals surface area contributed by atoms with E-state index in [1.54, 1.807) is 0 Å². The highest BCUT2D eigenvalue weighted by molar-refractivity contribution is 5.89. The number of carboxylic acid groups (broad SMARTS) is 1. The summed E-state index contributed by atoms with van der Waals surface area (Å²) in [4.78, 5) is 25.1. The third-order valence-corrected chi connectivity index (χ3v) is 4.74. The number of likely N-dealkylation sites (tertiary alicyclic amines) is 1. The van der Waals surface area contributed by atoms with Crippen molar-refractivity contribution in [2.45, 2.75) is 31.6 Å². The molecule has 1 saturated carbocycles. The second-order valence-corrected chi connectivity index (χ2v) is 6.15. The van der Waals surface area contributed by atoms with E-state index in [1.807, 2.05) is 11.0 Å². The van der Waals surface area contributed by atoms with Gasteiger partial charge in [-0.15, -0.1) is 0 Å². The SMILES string of the molecule is O=C(O)[C@@H]1C[C@H]1C(=O)N1CCCC(c2ccccc2)CC1. The molecule has 112 valence electrons. The highest BCUT2D eigenvalue weighted by Gasteiger charge is 2.49. The van der Waals surface area contributed by atoms with Crippen molar-refractivity contribution in [2.24, 2.45) is 11.8 Å². The first-order valence-electron chi connectivity index (χ1n) is 7.73. The maximum Gasteiger partial charge on any atom is 0.307 e. The van der Waals surface area contributed by atoms with Crippen LogP contribution in [-0.4, -0.2) is 35.0 Å². The molecule has 1 aromatic carbocycles. The maximum atomic E-state index is 12.3. The predicted octanol–water partition coefficient (Wildman–Crippen LogP) is 2.50. The van der Waals surface area contributed by atoms with Gasteiger partial charge in [0, 0.05) is 13.1 Å². The van der Waals surface area contributed by atoms with E-state index in [0.717, 1.165) is 32.4 Å². The Labute approximate surface area is 124 Å². The highest BCUT2D eigenvalue weighted by Crippen LogP contribution is 2.40. The summed E-state index contributed by atoms with van der Waals surface area (Å²) in [6.45, 7) is 1.52. The highest BCUT2D eigenvalue weighted by atomic mass is 16.4. The molecule has 4 nitrogen and oxygen atoms in total. The van der Waals surface area contributed by atoms with Crippen molar-refractivity contribution in [3.05, 3.63) is 35.9 Å². The molecule has 3 atom stereocenters. The van der Waals surface area contributed by atoms with Crippen molar-refractivity contribution in [1.29, 1.82) is 0 Å². The minimum atomic E-state index is -0.828. The van der Waals surface area contributed by atoms with E-state index in [9.17, 15) is 9.59 Å². The van der Waals surface area contributed by atoms with Gasteiger partial charge in [0.05, 0.1) is 11.8 Å². The molecule has 1 N–H and O–H groups in total. The minimum absolute atomic E-state index is 0.0520. The smallest absolute Gasteiger partial charge is 0.307 e. The van der Waals surface area contributed by atoms with Crippen molar-refractivity contribution in [3.8, 4) is 0 Å². The quantitative estimate of drug-likeness (QED) is 0.929. The van der Waals surface area contributed by atoms with Gasteiger partial charge in [-0.05, 0) is 37.2 Å². The average Bonchev–Trinajstić information content (AvgIpc) is 3.31. The van der Waals surface area contributed by atoms with Crippen LogP contribution in [0.3, 0.4) is 0 Å². The number of hydrogen-bond acceptors (Lipinski definition) is 2. The van der Waals surface area contributed by atoms with Crippen LogP contribution >= 0.6 is 0 Å². The summed E-state index contributed by atoms with van der Waals surface area (Å²) >= 11 is 0. The molecule has 2 fully saturated rings. The van der Waals surface area contributed by atoms with Crippen molar-refractivity contribution >= 4 is 11.9 Å². The topological polar surface area (TPSA) is 57.6 Å². The fourth-order valence-corrected chi connectivity index (χ4v) is 3.35. The zero-order chi connectivity index (χ0) is 14.8. The largest absolute Gasteiger partial charge is 0.481 e. The fourth-order valence-electron chi connectivity index (χ4n) is 3.35. The van der Waals surface area contributed by atoms with E-state index < -0.39 is 11.9 Å². The standard InChI is InChI=1S/C17H21NO3/c19-16(14-11-15(14)17(20)21)18-9-4-7-13(8-10-18)12-5-2-1-3-6-12/h1-3,5-6,13-15H,4,7-11H2,(H,20,21)/t13?,14-,15-/m1/s1. The van der Waals surface area contributed by atoms with Crippen LogP contribution in [0.5, 0.6) is 0 Å². The Kier molecular flexibility index (Phi) is 3.95. The third-order valence-electron chi connectivity index (χ3n) is 4.74. The van der Waals surface area contributed by atoms with Gasteiger partial charge in [0.2, 0.25) is 5.91 Å². The van der Waals surface area contributed by atoms with Gasteiger partial charge < -0.3 is 10.0 Å².